The highest BCUT2D eigenvalue weighted by molar-refractivity contribution is 6.42. The summed E-state index contributed by atoms with van der Waals surface area (Å²) in [5.41, 5.74) is 1.71. The zero-order valence-corrected chi connectivity index (χ0v) is 13.8. The van der Waals surface area contributed by atoms with Crippen molar-refractivity contribution in [2.24, 2.45) is 0 Å². The second-order valence-electron chi connectivity index (χ2n) is 5.44. The molecule has 0 unspecified atom stereocenters. The first-order valence-corrected chi connectivity index (χ1v) is 8.05. The molecule has 0 atom stereocenters. The molecule has 0 spiro atoms. The molecule has 0 saturated carbocycles. The number of aliphatic hydroxyl groups excluding tert-OH is 1. The van der Waals surface area contributed by atoms with Crippen molar-refractivity contribution in [3.63, 3.8) is 0 Å². The Labute approximate surface area is 143 Å². The van der Waals surface area contributed by atoms with Gasteiger partial charge in [-0.3, -0.25) is 4.79 Å². The van der Waals surface area contributed by atoms with Crippen molar-refractivity contribution in [2.45, 2.75) is 18.9 Å². The molecule has 1 aromatic heterocycles. The third kappa shape index (κ3) is 3.63. The minimum absolute atomic E-state index is 0.152. The molecule has 0 radical (unpaired) electrons. The molecule has 1 amide bonds. The molecule has 1 aliphatic rings. The number of likely N-dealkylation sites (tertiary alicyclic amines) is 1. The molecular formula is C16H15Cl2N3O2. The first-order chi connectivity index (χ1) is 11.0. The van der Waals surface area contributed by atoms with E-state index >= 15 is 0 Å². The molecule has 5 nitrogen and oxygen atoms in total. The Morgan fingerprint density at radius 3 is 2.57 bits per heavy atom. The number of benzene rings is 1. The summed E-state index contributed by atoms with van der Waals surface area (Å²) in [7, 11) is 0. The van der Waals surface area contributed by atoms with E-state index in [1.165, 1.54) is 6.33 Å². The molecule has 2 aromatic rings. The Morgan fingerprint density at radius 1 is 1.13 bits per heavy atom. The van der Waals surface area contributed by atoms with E-state index in [-0.39, 0.29) is 12.0 Å². The zero-order valence-electron chi connectivity index (χ0n) is 12.2. The second kappa shape index (κ2) is 6.83. The van der Waals surface area contributed by atoms with Crippen LogP contribution in [-0.2, 0) is 0 Å². The number of nitrogens with zero attached hydrogens (tertiary/aromatic N) is 3. The molecule has 1 fully saturated rings. The van der Waals surface area contributed by atoms with Gasteiger partial charge in [0.15, 0.2) is 0 Å². The van der Waals surface area contributed by atoms with Crippen LogP contribution in [0, 0.1) is 0 Å². The predicted octanol–water partition coefficient (Wildman–Crippen LogP) is 3.05. The lowest BCUT2D eigenvalue weighted by Crippen LogP contribution is -2.40. The van der Waals surface area contributed by atoms with Crippen molar-refractivity contribution in [3.05, 3.63) is 46.3 Å². The Kier molecular flexibility index (Phi) is 4.80. The van der Waals surface area contributed by atoms with E-state index < -0.39 is 0 Å². The van der Waals surface area contributed by atoms with E-state index in [0.717, 1.165) is 5.56 Å². The quantitative estimate of drug-likeness (QED) is 0.902. The third-order valence-electron chi connectivity index (χ3n) is 3.85. The highest BCUT2D eigenvalue weighted by atomic mass is 35.5. The lowest BCUT2D eigenvalue weighted by Gasteiger charge is -2.29. The van der Waals surface area contributed by atoms with Crippen LogP contribution in [0.15, 0.2) is 30.6 Å². The summed E-state index contributed by atoms with van der Waals surface area (Å²) in [6.07, 6.45) is 2.23. The molecule has 1 N–H and O–H groups in total. The van der Waals surface area contributed by atoms with Gasteiger partial charge < -0.3 is 10.0 Å². The van der Waals surface area contributed by atoms with Crippen LogP contribution in [0.4, 0.5) is 0 Å². The number of aliphatic hydroxyl groups is 1. The fourth-order valence-corrected chi connectivity index (χ4v) is 2.82. The number of piperidine rings is 1. The van der Waals surface area contributed by atoms with Gasteiger partial charge >= 0.3 is 0 Å². The van der Waals surface area contributed by atoms with Gasteiger partial charge in [0.1, 0.15) is 12.0 Å². The molecule has 3 rings (SSSR count). The summed E-state index contributed by atoms with van der Waals surface area (Å²) in [4.78, 5) is 22.5. The van der Waals surface area contributed by atoms with Crippen molar-refractivity contribution in [2.75, 3.05) is 13.1 Å². The van der Waals surface area contributed by atoms with Crippen LogP contribution < -0.4 is 0 Å². The molecule has 1 saturated heterocycles. The first-order valence-electron chi connectivity index (χ1n) is 7.29. The van der Waals surface area contributed by atoms with Gasteiger partial charge in [0.2, 0.25) is 0 Å². The normalized spacial score (nSPS) is 15.7. The Bertz CT molecular complexity index is 731. The van der Waals surface area contributed by atoms with Crippen LogP contribution in [0.2, 0.25) is 10.0 Å². The van der Waals surface area contributed by atoms with Crippen molar-refractivity contribution in [1.82, 2.24) is 14.9 Å². The molecule has 0 bridgehead atoms. The van der Waals surface area contributed by atoms with Crippen molar-refractivity contribution < 1.29 is 9.90 Å². The third-order valence-corrected chi connectivity index (χ3v) is 4.59. The van der Waals surface area contributed by atoms with Gasteiger partial charge in [0.25, 0.3) is 5.91 Å². The first kappa shape index (κ1) is 16.2. The molecule has 2 heterocycles. The summed E-state index contributed by atoms with van der Waals surface area (Å²) < 4.78 is 0. The highest BCUT2D eigenvalue weighted by Crippen LogP contribution is 2.27. The number of hydrogen-bond acceptors (Lipinski definition) is 4. The average Bonchev–Trinajstić information content (AvgIpc) is 2.57. The van der Waals surface area contributed by atoms with Gasteiger partial charge in [-0.15, -0.1) is 0 Å². The fraction of sp³-hybridized carbons (Fsp3) is 0.312. The number of aromatic nitrogens is 2. The smallest absolute Gasteiger partial charge is 0.272 e. The van der Waals surface area contributed by atoms with Crippen LogP contribution in [0.3, 0.4) is 0 Å². The standard InChI is InChI=1S/C16H15Cl2N3O2/c17-12-2-1-10(7-13(12)18)14-8-15(20-9-19-14)16(23)21-5-3-11(22)4-6-21/h1-2,7-9,11,22H,3-6H2. The Hall–Kier alpha value is -1.69. The molecule has 120 valence electrons. The number of hydrogen-bond donors (Lipinski definition) is 1. The lowest BCUT2D eigenvalue weighted by atomic mass is 10.1. The molecule has 7 heteroatoms. The van der Waals surface area contributed by atoms with E-state index in [2.05, 4.69) is 9.97 Å². The topological polar surface area (TPSA) is 66.3 Å². The highest BCUT2D eigenvalue weighted by Gasteiger charge is 2.23. The van der Waals surface area contributed by atoms with Gasteiger partial charge in [-0.1, -0.05) is 29.3 Å². The Balaban J connectivity index is 1.84. The van der Waals surface area contributed by atoms with E-state index in [9.17, 15) is 9.90 Å². The van der Waals surface area contributed by atoms with Gasteiger partial charge in [0.05, 0.1) is 21.8 Å². The largest absolute Gasteiger partial charge is 0.393 e. The number of amides is 1. The molecule has 23 heavy (non-hydrogen) atoms. The summed E-state index contributed by atoms with van der Waals surface area (Å²) in [6.45, 7) is 1.07. The maximum atomic E-state index is 12.5. The molecular weight excluding hydrogens is 337 g/mol. The zero-order chi connectivity index (χ0) is 16.4. The molecule has 0 aliphatic carbocycles. The van der Waals surface area contributed by atoms with Crippen molar-refractivity contribution in [1.29, 1.82) is 0 Å². The number of carbonyl (C=O) groups is 1. The number of carbonyl (C=O) groups excluding carboxylic acids is 1. The summed E-state index contributed by atoms with van der Waals surface area (Å²) in [6, 6.07) is 6.83. The van der Waals surface area contributed by atoms with E-state index in [4.69, 9.17) is 23.2 Å². The minimum atomic E-state index is -0.323. The Morgan fingerprint density at radius 2 is 1.87 bits per heavy atom. The van der Waals surface area contributed by atoms with Gasteiger partial charge in [-0.2, -0.15) is 0 Å². The summed E-state index contributed by atoms with van der Waals surface area (Å²) in [5, 5.41) is 10.4. The SMILES string of the molecule is O=C(c1cc(-c2ccc(Cl)c(Cl)c2)ncn1)N1CCC(O)CC1. The van der Waals surface area contributed by atoms with Crippen LogP contribution in [-0.4, -0.2) is 45.1 Å². The van der Waals surface area contributed by atoms with E-state index in [0.29, 0.717) is 47.4 Å². The maximum Gasteiger partial charge on any atom is 0.272 e. The predicted molar refractivity (Wildman–Crippen MR) is 88.6 cm³/mol. The fourth-order valence-electron chi connectivity index (χ4n) is 2.52. The maximum absolute atomic E-state index is 12.5. The average molecular weight is 352 g/mol. The molecule has 1 aromatic carbocycles. The molecule has 1 aliphatic heterocycles. The minimum Gasteiger partial charge on any atom is -0.393 e. The lowest BCUT2D eigenvalue weighted by molar-refractivity contribution is 0.0541. The summed E-state index contributed by atoms with van der Waals surface area (Å²) in [5.74, 6) is -0.152. The monoisotopic (exact) mass is 351 g/mol. The van der Waals surface area contributed by atoms with Crippen LogP contribution in [0.25, 0.3) is 11.3 Å². The van der Waals surface area contributed by atoms with Crippen LogP contribution in [0.1, 0.15) is 23.3 Å². The van der Waals surface area contributed by atoms with Crippen LogP contribution >= 0.6 is 23.2 Å². The van der Waals surface area contributed by atoms with E-state index in [1.54, 1.807) is 29.2 Å². The van der Waals surface area contributed by atoms with Crippen molar-refractivity contribution in [3.8, 4) is 11.3 Å². The van der Waals surface area contributed by atoms with Gasteiger partial charge in [-0.05, 0) is 31.0 Å². The number of rotatable bonds is 2. The second-order valence-corrected chi connectivity index (χ2v) is 6.26. The summed E-state index contributed by atoms with van der Waals surface area (Å²) >= 11 is 11.9. The van der Waals surface area contributed by atoms with Crippen LogP contribution in [0.5, 0.6) is 0 Å². The van der Waals surface area contributed by atoms with E-state index in [1.807, 2.05) is 0 Å². The number of halogens is 2. The van der Waals surface area contributed by atoms with Crippen molar-refractivity contribution >= 4 is 29.1 Å². The van der Waals surface area contributed by atoms with Gasteiger partial charge in [-0.25, -0.2) is 9.97 Å². The van der Waals surface area contributed by atoms with Gasteiger partial charge in [0, 0.05) is 18.7 Å².